The fourth-order valence-corrected chi connectivity index (χ4v) is 1.29. The summed E-state index contributed by atoms with van der Waals surface area (Å²) < 4.78 is 10.4. The Morgan fingerprint density at radius 3 is 3.00 bits per heavy atom. The van der Waals surface area contributed by atoms with Crippen LogP contribution in [0.2, 0.25) is 0 Å². The maximum Gasteiger partial charge on any atom is 0.231 e. The molecule has 4 heteroatoms. The van der Waals surface area contributed by atoms with E-state index in [0.717, 1.165) is 5.56 Å². The molecular formula is C8H7NO2S. The normalized spacial score (nSPS) is 13.0. The molecule has 12 heavy (non-hydrogen) atoms. The Morgan fingerprint density at radius 1 is 1.42 bits per heavy atom. The Labute approximate surface area is 75.1 Å². The fraction of sp³-hybridized carbons (Fsp3) is 0.125. The number of hydrogen-bond donors (Lipinski definition) is 1. The van der Waals surface area contributed by atoms with Gasteiger partial charge in [-0.05, 0) is 12.1 Å². The Hall–Kier alpha value is -1.29. The molecule has 1 aliphatic heterocycles. The summed E-state index contributed by atoms with van der Waals surface area (Å²) in [5, 5.41) is 0. The van der Waals surface area contributed by atoms with Gasteiger partial charge in [0.05, 0.1) is 5.56 Å². The highest BCUT2D eigenvalue weighted by Crippen LogP contribution is 2.34. The number of thiocarbonyl (C=S) groups is 1. The molecule has 0 radical (unpaired) electrons. The molecule has 2 rings (SSSR count). The van der Waals surface area contributed by atoms with E-state index in [-0.39, 0.29) is 6.79 Å². The molecule has 0 bridgehead atoms. The molecule has 0 aliphatic carbocycles. The molecule has 0 saturated heterocycles. The van der Waals surface area contributed by atoms with Gasteiger partial charge >= 0.3 is 0 Å². The van der Waals surface area contributed by atoms with Crippen LogP contribution < -0.4 is 15.2 Å². The highest BCUT2D eigenvalue weighted by Gasteiger charge is 2.17. The smallest absolute Gasteiger partial charge is 0.231 e. The molecule has 2 N–H and O–H groups in total. The molecule has 1 aromatic rings. The maximum atomic E-state index is 5.48. The molecule has 0 spiro atoms. The first-order valence-corrected chi connectivity index (χ1v) is 3.88. The third kappa shape index (κ3) is 1.00. The van der Waals surface area contributed by atoms with Gasteiger partial charge in [-0.2, -0.15) is 0 Å². The average molecular weight is 181 g/mol. The zero-order chi connectivity index (χ0) is 8.55. The van der Waals surface area contributed by atoms with Crippen LogP contribution in [0.25, 0.3) is 0 Å². The highest BCUT2D eigenvalue weighted by molar-refractivity contribution is 7.80. The number of fused-ring (bicyclic) bond motifs is 1. The van der Waals surface area contributed by atoms with Crippen LogP contribution in [0.1, 0.15) is 5.56 Å². The van der Waals surface area contributed by atoms with Crippen molar-refractivity contribution in [3.8, 4) is 11.5 Å². The third-order valence-corrected chi connectivity index (χ3v) is 1.88. The summed E-state index contributed by atoms with van der Waals surface area (Å²) in [6.07, 6.45) is 0. The quantitative estimate of drug-likeness (QED) is 0.658. The van der Waals surface area contributed by atoms with Gasteiger partial charge in [-0.1, -0.05) is 18.3 Å². The van der Waals surface area contributed by atoms with E-state index in [9.17, 15) is 0 Å². The summed E-state index contributed by atoms with van der Waals surface area (Å²) in [5.41, 5.74) is 6.22. The second kappa shape index (κ2) is 2.64. The molecule has 1 aliphatic rings. The maximum absolute atomic E-state index is 5.48. The van der Waals surface area contributed by atoms with Crippen molar-refractivity contribution in [1.82, 2.24) is 0 Å². The number of nitrogens with two attached hydrogens (primary N) is 1. The van der Waals surface area contributed by atoms with Crippen LogP contribution >= 0.6 is 12.2 Å². The molecule has 3 nitrogen and oxygen atoms in total. The van der Waals surface area contributed by atoms with Crippen molar-refractivity contribution >= 4 is 17.2 Å². The van der Waals surface area contributed by atoms with E-state index in [4.69, 9.17) is 27.4 Å². The Kier molecular flexibility index (Phi) is 1.62. The SMILES string of the molecule is NC(=S)c1cccc2c1OCO2. The minimum absolute atomic E-state index is 0.245. The second-order valence-corrected chi connectivity index (χ2v) is 2.84. The number of rotatable bonds is 1. The second-order valence-electron chi connectivity index (χ2n) is 2.40. The van der Waals surface area contributed by atoms with Gasteiger partial charge in [-0.25, -0.2) is 0 Å². The lowest BCUT2D eigenvalue weighted by Crippen LogP contribution is -2.10. The molecule has 0 amide bonds. The molecule has 0 aromatic heterocycles. The average Bonchev–Trinajstić information content (AvgIpc) is 2.49. The number of benzene rings is 1. The molecule has 0 fully saturated rings. The molecule has 62 valence electrons. The van der Waals surface area contributed by atoms with Gasteiger partial charge in [-0.3, -0.25) is 0 Å². The molecule has 1 heterocycles. The van der Waals surface area contributed by atoms with Crippen LogP contribution in [-0.2, 0) is 0 Å². The summed E-state index contributed by atoms with van der Waals surface area (Å²) in [5.74, 6) is 1.37. The van der Waals surface area contributed by atoms with E-state index in [1.165, 1.54) is 0 Å². The first-order valence-electron chi connectivity index (χ1n) is 3.47. The van der Waals surface area contributed by atoms with Gasteiger partial charge in [0, 0.05) is 0 Å². The summed E-state index contributed by atoms with van der Waals surface area (Å²) >= 11 is 4.85. The summed E-state index contributed by atoms with van der Waals surface area (Å²) in [6, 6.07) is 5.47. The van der Waals surface area contributed by atoms with Crippen LogP contribution in [0.5, 0.6) is 11.5 Å². The van der Waals surface area contributed by atoms with E-state index in [1.807, 2.05) is 18.2 Å². The lowest BCUT2D eigenvalue weighted by Gasteiger charge is -2.01. The Bertz CT molecular complexity index is 338. The number of ether oxygens (including phenoxy) is 2. The van der Waals surface area contributed by atoms with Crippen molar-refractivity contribution in [2.75, 3.05) is 6.79 Å². The third-order valence-electron chi connectivity index (χ3n) is 1.66. The van der Waals surface area contributed by atoms with Gasteiger partial charge in [0.25, 0.3) is 0 Å². The topological polar surface area (TPSA) is 44.5 Å². The predicted octanol–water partition coefficient (Wildman–Crippen LogP) is 1.05. The van der Waals surface area contributed by atoms with E-state index < -0.39 is 0 Å². The Morgan fingerprint density at radius 2 is 2.25 bits per heavy atom. The minimum atomic E-state index is 0.245. The van der Waals surface area contributed by atoms with Crippen molar-refractivity contribution < 1.29 is 9.47 Å². The van der Waals surface area contributed by atoms with Crippen molar-refractivity contribution in [3.63, 3.8) is 0 Å². The van der Waals surface area contributed by atoms with Crippen LogP contribution in [0, 0.1) is 0 Å². The minimum Gasteiger partial charge on any atom is -0.454 e. The first kappa shape index (κ1) is 7.36. The van der Waals surface area contributed by atoms with Crippen LogP contribution in [0.4, 0.5) is 0 Å². The first-order chi connectivity index (χ1) is 5.79. The zero-order valence-corrected chi connectivity index (χ0v) is 7.06. The molecule has 1 aromatic carbocycles. The van der Waals surface area contributed by atoms with Crippen molar-refractivity contribution in [1.29, 1.82) is 0 Å². The molecule has 0 atom stereocenters. The van der Waals surface area contributed by atoms with Crippen LogP contribution in [0.15, 0.2) is 18.2 Å². The van der Waals surface area contributed by atoms with Crippen molar-refractivity contribution in [3.05, 3.63) is 23.8 Å². The summed E-state index contributed by atoms with van der Waals surface area (Å²) in [7, 11) is 0. The lowest BCUT2D eigenvalue weighted by atomic mass is 10.2. The summed E-state index contributed by atoms with van der Waals surface area (Å²) in [6.45, 7) is 0.245. The highest BCUT2D eigenvalue weighted by atomic mass is 32.1. The molecule has 0 saturated carbocycles. The van der Waals surface area contributed by atoms with Crippen molar-refractivity contribution in [2.45, 2.75) is 0 Å². The van der Waals surface area contributed by atoms with Gasteiger partial charge < -0.3 is 15.2 Å². The number of hydrogen-bond acceptors (Lipinski definition) is 3. The zero-order valence-electron chi connectivity index (χ0n) is 6.24. The number of para-hydroxylation sites is 1. The van der Waals surface area contributed by atoms with Crippen LogP contribution in [0.3, 0.4) is 0 Å². The van der Waals surface area contributed by atoms with Gasteiger partial charge in [-0.15, -0.1) is 0 Å². The lowest BCUT2D eigenvalue weighted by molar-refractivity contribution is 0.174. The van der Waals surface area contributed by atoms with Crippen molar-refractivity contribution in [2.24, 2.45) is 5.73 Å². The fourth-order valence-electron chi connectivity index (χ4n) is 1.12. The van der Waals surface area contributed by atoms with E-state index in [2.05, 4.69) is 0 Å². The predicted molar refractivity (Wildman–Crippen MR) is 48.5 cm³/mol. The standard InChI is InChI=1S/C8H7NO2S/c9-8(12)5-2-1-3-6-7(5)11-4-10-6/h1-3H,4H2,(H2,9,12). The van der Waals surface area contributed by atoms with Crippen LogP contribution in [-0.4, -0.2) is 11.8 Å². The van der Waals surface area contributed by atoms with E-state index >= 15 is 0 Å². The van der Waals surface area contributed by atoms with E-state index in [0.29, 0.717) is 16.5 Å². The van der Waals surface area contributed by atoms with Gasteiger partial charge in [0.2, 0.25) is 6.79 Å². The largest absolute Gasteiger partial charge is 0.454 e. The van der Waals surface area contributed by atoms with Gasteiger partial charge in [0.15, 0.2) is 11.5 Å². The molecular weight excluding hydrogens is 174 g/mol. The van der Waals surface area contributed by atoms with Gasteiger partial charge in [0.1, 0.15) is 4.99 Å². The summed E-state index contributed by atoms with van der Waals surface area (Å²) in [4.78, 5) is 0.331. The molecule has 0 unspecified atom stereocenters. The monoisotopic (exact) mass is 181 g/mol. The Balaban J connectivity index is 2.56. The van der Waals surface area contributed by atoms with E-state index in [1.54, 1.807) is 0 Å².